The van der Waals surface area contributed by atoms with Crippen molar-refractivity contribution >= 4 is 16.9 Å². The Morgan fingerprint density at radius 3 is 2.46 bits per heavy atom. The highest BCUT2D eigenvalue weighted by Crippen LogP contribution is 2.25. The molecule has 2 aromatic rings. The van der Waals surface area contributed by atoms with E-state index in [1.165, 1.54) is 11.1 Å². The maximum Gasteiger partial charge on any atom is 0.246 e. The topological polar surface area (TPSA) is 71.1 Å². The van der Waals surface area contributed by atoms with Crippen molar-refractivity contribution in [1.29, 1.82) is 0 Å². The Hall–Kier alpha value is -2.26. The van der Waals surface area contributed by atoms with Crippen LogP contribution in [-0.4, -0.2) is 73.4 Å². The maximum atomic E-state index is 13.0. The molecule has 1 amide bonds. The summed E-state index contributed by atoms with van der Waals surface area (Å²) in [5.74, 6) is 0.600. The van der Waals surface area contributed by atoms with E-state index >= 15 is 0 Å². The van der Waals surface area contributed by atoms with E-state index in [9.17, 15) is 9.00 Å². The number of fused-ring (bicyclic) bond motifs is 1. The number of nitrogens with zero attached hydrogens (tertiary/aromatic N) is 2. The first kappa shape index (κ1) is 27.3. The molecule has 0 aliphatic carbocycles. The SMILES string of the molecule is COc1cc(C)c(S(=O)N(C)CCOCC(=O)NC(C)c2ccc3c(c2)CCN(C)CC3)c(C)c1. The van der Waals surface area contributed by atoms with Gasteiger partial charge < -0.3 is 19.7 Å². The molecule has 8 heteroatoms. The number of amides is 1. The molecule has 0 saturated heterocycles. The van der Waals surface area contributed by atoms with Crippen molar-refractivity contribution in [3.05, 3.63) is 58.1 Å². The summed E-state index contributed by atoms with van der Waals surface area (Å²) in [4.78, 5) is 15.6. The van der Waals surface area contributed by atoms with Crippen molar-refractivity contribution in [2.45, 2.75) is 44.6 Å². The number of aryl methyl sites for hydroxylation is 2. The minimum Gasteiger partial charge on any atom is -0.497 e. The molecule has 0 aromatic heterocycles. The van der Waals surface area contributed by atoms with Gasteiger partial charge in [0.05, 0.1) is 24.7 Å². The number of nitrogens with one attached hydrogen (secondary N) is 1. The minimum absolute atomic E-state index is 0.0266. The molecule has 0 bridgehead atoms. The van der Waals surface area contributed by atoms with Crippen LogP contribution in [0.4, 0.5) is 0 Å². The highest BCUT2D eigenvalue weighted by atomic mass is 32.2. The quantitative estimate of drug-likeness (QED) is 0.507. The maximum absolute atomic E-state index is 13.0. The molecule has 0 radical (unpaired) electrons. The van der Waals surface area contributed by atoms with Crippen LogP contribution in [0.3, 0.4) is 0 Å². The first-order valence-corrected chi connectivity index (χ1v) is 13.3. The summed E-state index contributed by atoms with van der Waals surface area (Å²) in [6, 6.07) is 10.2. The third-order valence-corrected chi connectivity index (χ3v) is 8.29. The Morgan fingerprint density at radius 2 is 1.80 bits per heavy atom. The van der Waals surface area contributed by atoms with Crippen LogP contribution >= 0.6 is 0 Å². The highest BCUT2D eigenvalue weighted by molar-refractivity contribution is 7.82. The Bertz CT molecular complexity index is 1040. The third-order valence-electron chi connectivity index (χ3n) is 6.54. The second-order valence-corrected chi connectivity index (χ2v) is 10.9. The van der Waals surface area contributed by atoms with Crippen LogP contribution in [0, 0.1) is 13.8 Å². The van der Waals surface area contributed by atoms with E-state index in [1.807, 2.05) is 32.9 Å². The summed E-state index contributed by atoms with van der Waals surface area (Å²) in [6.45, 7) is 8.73. The van der Waals surface area contributed by atoms with Crippen molar-refractivity contribution in [2.24, 2.45) is 0 Å². The number of carbonyl (C=O) groups excluding carboxylic acids is 1. The fraction of sp³-hybridized carbons (Fsp3) is 0.519. The van der Waals surface area contributed by atoms with Gasteiger partial charge in [0, 0.05) is 26.7 Å². The van der Waals surface area contributed by atoms with Gasteiger partial charge in [-0.05, 0) is 80.6 Å². The van der Waals surface area contributed by atoms with Crippen LogP contribution in [0.15, 0.2) is 35.2 Å². The first-order chi connectivity index (χ1) is 16.7. The lowest BCUT2D eigenvalue weighted by Gasteiger charge is -2.20. The summed E-state index contributed by atoms with van der Waals surface area (Å²) in [5, 5.41) is 3.03. The summed E-state index contributed by atoms with van der Waals surface area (Å²) in [7, 11) is 4.25. The van der Waals surface area contributed by atoms with E-state index in [0.717, 1.165) is 53.3 Å². The fourth-order valence-corrected chi connectivity index (χ4v) is 5.61. The van der Waals surface area contributed by atoms with Crippen molar-refractivity contribution in [2.75, 3.05) is 54.1 Å². The smallest absolute Gasteiger partial charge is 0.246 e. The highest BCUT2D eigenvalue weighted by Gasteiger charge is 2.18. The molecule has 2 aromatic carbocycles. The predicted octanol–water partition coefficient (Wildman–Crippen LogP) is 3.19. The normalized spacial score (nSPS) is 15.9. The number of hydrogen-bond donors (Lipinski definition) is 1. The molecule has 2 unspecified atom stereocenters. The van der Waals surface area contributed by atoms with Crippen LogP contribution in [0.5, 0.6) is 5.75 Å². The summed E-state index contributed by atoms with van der Waals surface area (Å²) < 4.78 is 25.6. The van der Waals surface area contributed by atoms with Gasteiger partial charge in [0.15, 0.2) is 0 Å². The lowest BCUT2D eigenvalue weighted by atomic mass is 9.97. The zero-order valence-electron chi connectivity index (χ0n) is 21.8. The van der Waals surface area contributed by atoms with Gasteiger partial charge in [-0.25, -0.2) is 8.51 Å². The molecule has 192 valence electrons. The first-order valence-electron chi connectivity index (χ1n) is 12.1. The molecule has 35 heavy (non-hydrogen) atoms. The van der Waals surface area contributed by atoms with Crippen molar-refractivity contribution in [1.82, 2.24) is 14.5 Å². The molecule has 0 spiro atoms. The van der Waals surface area contributed by atoms with Crippen molar-refractivity contribution in [3.63, 3.8) is 0 Å². The van der Waals surface area contributed by atoms with E-state index < -0.39 is 11.0 Å². The van der Waals surface area contributed by atoms with Crippen molar-refractivity contribution < 1.29 is 18.5 Å². The van der Waals surface area contributed by atoms with Crippen LogP contribution < -0.4 is 10.1 Å². The van der Waals surface area contributed by atoms with Crippen LogP contribution in [-0.2, 0) is 33.4 Å². The molecule has 2 atom stereocenters. The van der Waals surface area contributed by atoms with E-state index in [0.29, 0.717) is 13.2 Å². The van der Waals surface area contributed by atoms with E-state index in [-0.39, 0.29) is 18.6 Å². The van der Waals surface area contributed by atoms with Gasteiger partial charge in [0.25, 0.3) is 0 Å². The minimum atomic E-state index is -1.32. The molecule has 1 aliphatic rings. The number of likely N-dealkylation sites (N-methyl/N-ethyl adjacent to an activating group) is 2. The van der Waals surface area contributed by atoms with E-state index in [4.69, 9.17) is 9.47 Å². The van der Waals surface area contributed by atoms with Gasteiger partial charge in [-0.3, -0.25) is 4.79 Å². The molecule has 1 heterocycles. The zero-order valence-corrected chi connectivity index (χ0v) is 22.7. The predicted molar refractivity (Wildman–Crippen MR) is 140 cm³/mol. The van der Waals surface area contributed by atoms with Gasteiger partial charge in [0.1, 0.15) is 23.3 Å². The lowest BCUT2D eigenvalue weighted by molar-refractivity contribution is -0.126. The van der Waals surface area contributed by atoms with E-state index in [1.54, 1.807) is 18.5 Å². The lowest BCUT2D eigenvalue weighted by Crippen LogP contribution is -2.32. The van der Waals surface area contributed by atoms with Crippen LogP contribution in [0.25, 0.3) is 0 Å². The monoisotopic (exact) mass is 501 g/mol. The molecule has 0 fully saturated rings. The second kappa shape index (κ2) is 12.6. The molecule has 3 rings (SSSR count). The van der Waals surface area contributed by atoms with Gasteiger partial charge >= 0.3 is 0 Å². The molecular formula is C27H39N3O4S. The summed E-state index contributed by atoms with van der Waals surface area (Å²) in [5.41, 5.74) is 5.74. The average molecular weight is 502 g/mol. The van der Waals surface area contributed by atoms with Crippen LogP contribution in [0.2, 0.25) is 0 Å². The number of hydrogen-bond acceptors (Lipinski definition) is 5. The standard InChI is InChI=1S/C27H39N3O4S/c1-19-15-25(33-6)16-20(2)27(19)35(32)30(5)13-14-34-18-26(31)28-21(3)23-8-7-22-9-11-29(4)12-10-24(22)17-23/h7-8,15-17,21H,9-14,18H2,1-6H3,(H,28,31). The zero-order chi connectivity index (χ0) is 25.5. The van der Waals surface area contributed by atoms with E-state index in [2.05, 4.69) is 35.5 Å². The molecular weight excluding hydrogens is 462 g/mol. The molecule has 7 nitrogen and oxygen atoms in total. The third kappa shape index (κ3) is 7.36. The summed E-state index contributed by atoms with van der Waals surface area (Å²) >= 11 is 0. The molecule has 1 N–H and O–H groups in total. The van der Waals surface area contributed by atoms with Gasteiger partial charge in [-0.1, -0.05) is 18.2 Å². The number of benzene rings is 2. The second-order valence-electron chi connectivity index (χ2n) is 9.36. The number of methoxy groups -OCH3 is 1. The number of carbonyl (C=O) groups is 1. The van der Waals surface area contributed by atoms with Gasteiger partial charge in [0.2, 0.25) is 5.91 Å². The van der Waals surface area contributed by atoms with Crippen molar-refractivity contribution in [3.8, 4) is 5.75 Å². The Morgan fingerprint density at radius 1 is 1.14 bits per heavy atom. The fourth-order valence-electron chi connectivity index (χ4n) is 4.39. The molecule has 1 aliphatic heterocycles. The Balaban J connectivity index is 1.45. The van der Waals surface area contributed by atoms with Gasteiger partial charge in [-0.15, -0.1) is 0 Å². The Labute approximate surface area is 212 Å². The van der Waals surface area contributed by atoms with Crippen LogP contribution in [0.1, 0.15) is 40.8 Å². The Kier molecular flexibility index (Phi) is 9.86. The summed E-state index contributed by atoms with van der Waals surface area (Å²) in [6.07, 6.45) is 2.10. The number of rotatable bonds is 10. The largest absolute Gasteiger partial charge is 0.497 e. The number of ether oxygens (including phenoxy) is 2. The molecule has 0 saturated carbocycles. The van der Waals surface area contributed by atoms with Gasteiger partial charge in [-0.2, -0.15) is 0 Å². The average Bonchev–Trinajstić information content (AvgIpc) is 3.01.